The van der Waals surface area contributed by atoms with Crippen LogP contribution in [0.3, 0.4) is 0 Å². The molecule has 0 atom stereocenters. The second-order valence-electron chi connectivity index (χ2n) is 5.87. The lowest BCUT2D eigenvalue weighted by molar-refractivity contribution is -0.118. The van der Waals surface area contributed by atoms with E-state index in [1.807, 2.05) is 6.92 Å². The molecule has 3 N–H and O–H groups in total. The normalized spacial score (nSPS) is 11.1. The summed E-state index contributed by atoms with van der Waals surface area (Å²) in [4.78, 5) is 13.9. The quantitative estimate of drug-likeness (QED) is 0.779. The number of carbonyl (C=O) groups is 1. The van der Waals surface area contributed by atoms with Crippen molar-refractivity contribution in [3.8, 4) is 5.75 Å². The van der Waals surface area contributed by atoms with E-state index in [0.29, 0.717) is 22.1 Å². The molecule has 0 fully saturated rings. The number of benzene rings is 2. The highest BCUT2D eigenvalue weighted by Crippen LogP contribution is 2.27. The number of amides is 1. The molecule has 140 valence electrons. The van der Waals surface area contributed by atoms with Gasteiger partial charge in [-0.3, -0.25) is 4.79 Å². The standard InChI is InChI=1S/C17H20ClN3O4S/c1-11-8-12(4-6-14(11)18)25-10-17(22)20-15-9-13(26(19,23)24)5-7-16(15)21(2)3/h4-9H,10H2,1-3H3,(H,20,22)(H2,19,23,24). The van der Waals surface area contributed by atoms with E-state index in [9.17, 15) is 13.2 Å². The van der Waals surface area contributed by atoms with E-state index >= 15 is 0 Å². The van der Waals surface area contributed by atoms with E-state index in [4.69, 9.17) is 21.5 Å². The van der Waals surface area contributed by atoms with Gasteiger partial charge in [0.1, 0.15) is 5.75 Å². The summed E-state index contributed by atoms with van der Waals surface area (Å²) in [6, 6.07) is 9.34. The Morgan fingerprint density at radius 3 is 2.50 bits per heavy atom. The molecular formula is C17H20ClN3O4S. The number of nitrogens with two attached hydrogens (primary N) is 1. The van der Waals surface area contributed by atoms with Gasteiger partial charge in [-0.2, -0.15) is 0 Å². The lowest BCUT2D eigenvalue weighted by atomic mass is 10.2. The SMILES string of the molecule is Cc1cc(OCC(=O)Nc2cc(S(N)(=O)=O)ccc2N(C)C)ccc1Cl. The van der Waals surface area contributed by atoms with Gasteiger partial charge in [0.15, 0.2) is 6.61 Å². The number of hydrogen-bond donors (Lipinski definition) is 2. The maximum atomic E-state index is 12.2. The van der Waals surface area contributed by atoms with Crippen LogP contribution in [0.1, 0.15) is 5.56 Å². The van der Waals surface area contributed by atoms with Gasteiger partial charge in [0, 0.05) is 19.1 Å². The zero-order valence-corrected chi connectivity index (χ0v) is 16.2. The molecule has 0 spiro atoms. The molecule has 9 heteroatoms. The van der Waals surface area contributed by atoms with Crippen LogP contribution >= 0.6 is 11.6 Å². The fourth-order valence-electron chi connectivity index (χ4n) is 2.22. The van der Waals surface area contributed by atoms with Gasteiger partial charge in [0.2, 0.25) is 10.0 Å². The molecule has 7 nitrogen and oxygen atoms in total. The van der Waals surface area contributed by atoms with E-state index in [1.165, 1.54) is 12.1 Å². The smallest absolute Gasteiger partial charge is 0.262 e. The molecule has 0 aliphatic rings. The Hall–Kier alpha value is -2.29. The summed E-state index contributed by atoms with van der Waals surface area (Å²) in [6.07, 6.45) is 0. The number of sulfonamides is 1. The number of ether oxygens (including phenoxy) is 1. The predicted molar refractivity (Wildman–Crippen MR) is 102 cm³/mol. The summed E-state index contributed by atoms with van der Waals surface area (Å²) in [5.41, 5.74) is 1.79. The first kappa shape index (κ1) is 20.0. The molecule has 0 bridgehead atoms. The average molecular weight is 398 g/mol. The van der Waals surface area contributed by atoms with Gasteiger partial charge in [-0.25, -0.2) is 13.6 Å². The summed E-state index contributed by atoms with van der Waals surface area (Å²) in [5.74, 6) is 0.0699. The van der Waals surface area contributed by atoms with Crippen molar-refractivity contribution in [2.24, 2.45) is 5.14 Å². The number of carbonyl (C=O) groups excluding carboxylic acids is 1. The zero-order valence-electron chi connectivity index (χ0n) is 14.6. The van der Waals surface area contributed by atoms with Crippen molar-refractivity contribution < 1.29 is 17.9 Å². The Morgan fingerprint density at radius 2 is 1.92 bits per heavy atom. The fourth-order valence-corrected chi connectivity index (χ4v) is 2.88. The predicted octanol–water partition coefficient (Wildman–Crippen LogP) is 2.38. The second kappa shape index (κ2) is 7.94. The molecule has 0 unspecified atom stereocenters. The highest BCUT2D eigenvalue weighted by Gasteiger charge is 2.15. The van der Waals surface area contributed by atoms with Crippen LogP contribution in [0.5, 0.6) is 5.75 Å². The highest BCUT2D eigenvalue weighted by molar-refractivity contribution is 7.89. The van der Waals surface area contributed by atoms with Crippen LogP contribution in [-0.4, -0.2) is 35.0 Å². The van der Waals surface area contributed by atoms with Gasteiger partial charge < -0.3 is 15.0 Å². The van der Waals surface area contributed by atoms with Crippen LogP contribution in [-0.2, 0) is 14.8 Å². The van der Waals surface area contributed by atoms with Crippen LogP contribution in [0.2, 0.25) is 5.02 Å². The molecular weight excluding hydrogens is 378 g/mol. The number of aryl methyl sites for hydroxylation is 1. The minimum absolute atomic E-state index is 0.0901. The molecule has 0 heterocycles. The van der Waals surface area contributed by atoms with E-state index in [2.05, 4.69) is 5.32 Å². The summed E-state index contributed by atoms with van der Waals surface area (Å²) < 4.78 is 28.5. The second-order valence-corrected chi connectivity index (χ2v) is 7.83. The molecule has 1 amide bonds. The first-order valence-electron chi connectivity index (χ1n) is 7.61. The Morgan fingerprint density at radius 1 is 1.23 bits per heavy atom. The minimum Gasteiger partial charge on any atom is -0.484 e. The van der Waals surface area contributed by atoms with Gasteiger partial charge in [0.05, 0.1) is 16.3 Å². The van der Waals surface area contributed by atoms with Crippen molar-refractivity contribution in [1.82, 2.24) is 0 Å². The molecule has 0 radical (unpaired) electrons. The molecule has 0 saturated carbocycles. The number of anilines is 2. The summed E-state index contributed by atoms with van der Waals surface area (Å²) in [6.45, 7) is 1.59. The number of hydrogen-bond acceptors (Lipinski definition) is 5. The molecule has 0 aliphatic heterocycles. The van der Waals surface area contributed by atoms with Crippen molar-refractivity contribution in [2.75, 3.05) is 30.9 Å². The third kappa shape index (κ3) is 5.10. The van der Waals surface area contributed by atoms with Gasteiger partial charge in [-0.1, -0.05) is 11.6 Å². The third-order valence-corrected chi connectivity index (χ3v) is 4.89. The third-order valence-electron chi connectivity index (χ3n) is 3.55. The highest BCUT2D eigenvalue weighted by atomic mass is 35.5. The molecule has 0 aliphatic carbocycles. The van der Waals surface area contributed by atoms with Gasteiger partial charge >= 0.3 is 0 Å². The minimum atomic E-state index is -3.88. The van der Waals surface area contributed by atoms with Crippen molar-refractivity contribution in [3.05, 3.63) is 47.0 Å². The van der Waals surface area contributed by atoms with Crippen molar-refractivity contribution >= 4 is 38.9 Å². The first-order chi connectivity index (χ1) is 12.1. The van der Waals surface area contributed by atoms with Gasteiger partial charge in [0.25, 0.3) is 5.91 Å². The average Bonchev–Trinajstić information content (AvgIpc) is 2.55. The van der Waals surface area contributed by atoms with Crippen molar-refractivity contribution in [2.45, 2.75) is 11.8 Å². The summed E-state index contributed by atoms with van der Waals surface area (Å²) >= 11 is 5.95. The van der Waals surface area contributed by atoms with Crippen LogP contribution in [0, 0.1) is 6.92 Å². The first-order valence-corrected chi connectivity index (χ1v) is 9.53. The van der Waals surface area contributed by atoms with Crippen LogP contribution < -0.4 is 20.1 Å². The lowest BCUT2D eigenvalue weighted by Crippen LogP contribution is -2.23. The lowest BCUT2D eigenvalue weighted by Gasteiger charge is -2.19. The summed E-state index contributed by atoms with van der Waals surface area (Å²) in [7, 11) is -0.336. The summed E-state index contributed by atoms with van der Waals surface area (Å²) in [5, 5.41) is 8.41. The Balaban J connectivity index is 2.15. The van der Waals surface area contributed by atoms with Crippen LogP contribution in [0.4, 0.5) is 11.4 Å². The van der Waals surface area contributed by atoms with Crippen molar-refractivity contribution in [3.63, 3.8) is 0 Å². The fraction of sp³-hybridized carbons (Fsp3) is 0.235. The monoisotopic (exact) mass is 397 g/mol. The van der Waals surface area contributed by atoms with E-state index < -0.39 is 15.9 Å². The van der Waals surface area contributed by atoms with E-state index in [-0.39, 0.29) is 11.5 Å². The van der Waals surface area contributed by atoms with Gasteiger partial charge in [-0.05, 0) is 48.9 Å². The number of rotatable bonds is 6. The van der Waals surface area contributed by atoms with Gasteiger partial charge in [-0.15, -0.1) is 0 Å². The number of nitrogens with zero attached hydrogens (tertiary/aromatic N) is 1. The Bertz CT molecular complexity index is 930. The number of primary sulfonamides is 1. The van der Waals surface area contributed by atoms with Crippen LogP contribution in [0.15, 0.2) is 41.3 Å². The largest absolute Gasteiger partial charge is 0.484 e. The van der Waals surface area contributed by atoms with Crippen LogP contribution in [0.25, 0.3) is 0 Å². The topological polar surface area (TPSA) is 102 Å². The maximum absolute atomic E-state index is 12.2. The zero-order chi connectivity index (χ0) is 19.5. The van der Waals surface area contributed by atoms with E-state index in [0.717, 1.165) is 5.56 Å². The molecule has 0 aromatic heterocycles. The number of halogens is 1. The Labute approximate surface area is 157 Å². The Kier molecular flexibility index (Phi) is 6.12. The molecule has 26 heavy (non-hydrogen) atoms. The van der Waals surface area contributed by atoms with E-state index in [1.54, 1.807) is 43.3 Å². The molecule has 2 aromatic rings. The van der Waals surface area contributed by atoms with Crippen molar-refractivity contribution in [1.29, 1.82) is 0 Å². The molecule has 0 saturated heterocycles. The molecule has 2 aromatic carbocycles. The maximum Gasteiger partial charge on any atom is 0.262 e. The number of nitrogens with one attached hydrogen (secondary N) is 1. The molecule has 2 rings (SSSR count).